The zero-order chi connectivity index (χ0) is 14.8. The summed E-state index contributed by atoms with van der Waals surface area (Å²) in [5.41, 5.74) is 11.5. The number of anilines is 1. The van der Waals surface area contributed by atoms with E-state index in [1.165, 1.54) is 11.1 Å². The molecular formula is C18H21N3. The largest absolute Gasteiger partial charge is 0.397 e. The standard InChI is InChI=1S/C18H21N3/c1-3-21-16-6-4-5-15(19)18(16)20-17(21)12-11-14-9-7-13(2)8-10-14/h4-10H,3,11-12,19H2,1-2H3. The number of imidazole rings is 1. The third-order valence-corrected chi connectivity index (χ3v) is 3.96. The molecule has 0 spiro atoms. The van der Waals surface area contributed by atoms with E-state index >= 15 is 0 Å². The summed E-state index contributed by atoms with van der Waals surface area (Å²) in [6.07, 6.45) is 1.94. The Hall–Kier alpha value is -2.29. The summed E-state index contributed by atoms with van der Waals surface area (Å²) in [5, 5.41) is 0. The van der Waals surface area contributed by atoms with E-state index in [4.69, 9.17) is 10.7 Å². The molecule has 3 aromatic rings. The summed E-state index contributed by atoms with van der Waals surface area (Å²) in [4.78, 5) is 4.75. The zero-order valence-corrected chi connectivity index (χ0v) is 12.6. The lowest BCUT2D eigenvalue weighted by Gasteiger charge is -2.06. The summed E-state index contributed by atoms with van der Waals surface area (Å²) in [7, 11) is 0. The van der Waals surface area contributed by atoms with Crippen molar-refractivity contribution in [3.8, 4) is 0 Å². The molecule has 0 fully saturated rings. The van der Waals surface area contributed by atoms with Crippen molar-refractivity contribution >= 4 is 16.7 Å². The van der Waals surface area contributed by atoms with Gasteiger partial charge in [-0.15, -0.1) is 0 Å². The number of benzene rings is 2. The van der Waals surface area contributed by atoms with Gasteiger partial charge >= 0.3 is 0 Å². The van der Waals surface area contributed by atoms with E-state index in [1.54, 1.807) is 0 Å². The molecule has 3 heteroatoms. The third kappa shape index (κ3) is 2.64. The molecule has 0 saturated heterocycles. The van der Waals surface area contributed by atoms with Gasteiger partial charge in [-0.05, 0) is 38.0 Å². The van der Waals surface area contributed by atoms with Crippen LogP contribution >= 0.6 is 0 Å². The predicted octanol–water partition coefficient (Wildman–Crippen LogP) is 3.73. The molecule has 1 aromatic heterocycles. The highest BCUT2D eigenvalue weighted by molar-refractivity contribution is 5.87. The molecule has 108 valence electrons. The van der Waals surface area contributed by atoms with Crippen molar-refractivity contribution in [2.75, 3.05) is 5.73 Å². The Labute approximate surface area is 125 Å². The second-order valence-electron chi connectivity index (χ2n) is 5.47. The monoisotopic (exact) mass is 279 g/mol. The summed E-state index contributed by atoms with van der Waals surface area (Å²) >= 11 is 0. The number of hydrogen-bond donors (Lipinski definition) is 1. The number of nitrogens with zero attached hydrogens (tertiary/aromatic N) is 2. The molecule has 0 radical (unpaired) electrons. The fourth-order valence-corrected chi connectivity index (χ4v) is 2.77. The third-order valence-electron chi connectivity index (χ3n) is 3.96. The Bertz CT molecular complexity index is 754. The van der Waals surface area contributed by atoms with Gasteiger partial charge in [0.1, 0.15) is 11.3 Å². The molecular weight excluding hydrogens is 258 g/mol. The van der Waals surface area contributed by atoms with Crippen LogP contribution in [0.4, 0.5) is 5.69 Å². The Kier molecular flexibility index (Phi) is 3.65. The average molecular weight is 279 g/mol. The van der Waals surface area contributed by atoms with Crippen molar-refractivity contribution < 1.29 is 0 Å². The van der Waals surface area contributed by atoms with Crippen LogP contribution in [0, 0.1) is 6.92 Å². The van der Waals surface area contributed by atoms with Gasteiger partial charge in [0, 0.05) is 13.0 Å². The van der Waals surface area contributed by atoms with Crippen LogP contribution in [0.15, 0.2) is 42.5 Å². The Morgan fingerprint density at radius 2 is 1.81 bits per heavy atom. The maximum atomic E-state index is 6.04. The van der Waals surface area contributed by atoms with Gasteiger partial charge in [-0.3, -0.25) is 0 Å². The topological polar surface area (TPSA) is 43.8 Å². The Morgan fingerprint density at radius 3 is 2.52 bits per heavy atom. The molecule has 0 amide bonds. The van der Waals surface area contributed by atoms with E-state index in [2.05, 4.69) is 48.7 Å². The van der Waals surface area contributed by atoms with Crippen molar-refractivity contribution in [2.24, 2.45) is 0 Å². The molecule has 0 aliphatic heterocycles. The highest BCUT2D eigenvalue weighted by Crippen LogP contribution is 2.22. The van der Waals surface area contributed by atoms with Crippen molar-refractivity contribution in [1.82, 2.24) is 9.55 Å². The predicted molar refractivity (Wildman–Crippen MR) is 88.4 cm³/mol. The van der Waals surface area contributed by atoms with E-state index in [1.807, 2.05) is 12.1 Å². The first-order chi connectivity index (χ1) is 10.2. The summed E-state index contributed by atoms with van der Waals surface area (Å²) in [5.74, 6) is 1.12. The number of fused-ring (bicyclic) bond motifs is 1. The molecule has 3 nitrogen and oxygen atoms in total. The van der Waals surface area contributed by atoms with Crippen LogP contribution < -0.4 is 5.73 Å². The van der Waals surface area contributed by atoms with E-state index in [0.717, 1.165) is 41.9 Å². The van der Waals surface area contributed by atoms with E-state index in [9.17, 15) is 0 Å². The number of nitrogen functional groups attached to an aromatic ring is 1. The molecule has 1 heterocycles. The first-order valence-corrected chi connectivity index (χ1v) is 7.48. The quantitative estimate of drug-likeness (QED) is 0.739. The number of rotatable bonds is 4. The lowest BCUT2D eigenvalue weighted by Crippen LogP contribution is -2.03. The first kappa shape index (κ1) is 13.7. The molecule has 0 unspecified atom stereocenters. The summed E-state index contributed by atoms with van der Waals surface area (Å²) in [6, 6.07) is 14.7. The van der Waals surface area contributed by atoms with Gasteiger partial charge in [0.2, 0.25) is 0 Å². The minimum atomic E-state index is 0.760. The lowest BCUT2D eigenvalue weighted by atomic mass is 10.1. The molecule has 0 atom stereocenters. The lowest BCUT2D eigenvalue weighted by molar-refractivity contribution is 0.707. The van der Waals surface area contributed by atoms with Gasteiger partial charge in [0.05, 0.1) is 11.2 Å². The van der Waals surface area contributed by atoms with Crippen LogP contribution in [0.3, 0.4) is 0 Å². The smallest absolute Gasteiger partial charge is 0.112 e. The number of aromatic nitrogens is 2. The van der Waals surface area contributed by atoms with Gasteiger partial charge in [-0.2, -0.15) is 0 Å². The van der Waals surface area contributed by atoms with Gasteiger partial charge in [0.15, 0.2) is 0 Å². The maximum absolute atomic E-state index is 6.04. The molecule has 0 bridgehead atoms. The fraction of sp³-hybridized carbons (Fsp3) is 0.278. The van der Waals surface area contributed by atoms with Crippen molar-refractivity contribution in [1.29, 1.82) is 0 Å². The number of nitrogens with two attached hydrogens (primary N) is 1. The van der Waals surface area contributed by atoms with Crippen LogP contribution in [0.2, 0.25) is 0 Å². The highest BCUT2D eigenvalue weighted by atomic mass is 15.1. The molecule has 2 aromatic carbocycles. The van der Waals surface area contributed by atoms with E-state index < -0.39 is 0 Å². The number of hydrogen-bond acceptors (Lipinski definition) is 2. The van der Waals surface area contributed by atoms with Crippen molar-refractivity contribution in [2.45, 2.75) is 33.2 Å². The average Bonchev–Trinajstić information content (AvgIpc) is 2.86. The SMILES string of the molecule is CCn1c(CCc2ccc(C)cc2)nc2c(N)cccc21. The maximum Gasteiger partial charge on any atom is 0.112 e. The van der Waals surface area contributed by atoms with Gasteiger partial charge < -0.3 is 10.3 Å². The molecule has 0 aliphatic rings. The van der Waals surface area contributed by atoms with Crippen LogP contribution in [0.1, 0.15) is 23.9 Å². The van der Waals surface area contributed by atoms with Crippen molar-refractivity contribution in [3.05, 3.63) is 59.4 Å². The van der Waals surface area contributed by atoms with E-state index in [0.29, 0.717) is 0 Å². The molecule has 0 saturated carbocycles. The molecule has 0 aliphatic carbocycles. The van der Waals surface area contributed by atoms with Gasteiger partial charge in [-0.25, -0.2) is 4.98 Å². The normalized spacial score (nSPS) is 11.1. The van der Waals surface area contributed by atoms with Gasteiger partial charge in [0.25, 0.3) is 0 Å². The summed E-state index contributed by atoms with van der Waals surface area (Å²) < 4.78 is 2.26. The first-order valence-electron chi connectivity index (χ1n) is 7.48. The second kappa shape index (κ2) is 5.60. The van der Waals surface area contributed by atoms with Crippen molar-refractivity contribution in [3.63, 3.8) is 0 Å². The number of para-hydroxylation sites is 1. The number of aryl methyl sites for hydroxylation is 4. The fourth-order valence-electron chi connectivity index (χ4n) is 2.77. The highest BCUT2D eigenvalue weighted by Gasteiger charge is 2.11. The second-order valence-corrected chi connectivity index (χ2v) is 5.47. The minimum Gasteiger partial charge on any atom is -0.397 e. The minimum absolute atomic E-state index is 0.760. The van der Waals surface area contributed by atoms with E-state index in [-0.39, 0.29) is 0 Å². The molecule has 2 N–H and O–H groups in total. The van der Waals surface area contributed by atoms with Crippen LogP contribution in [-0.2, 0) is 19.4 Å². The molecule has 21 heavy (non-hydrogen) atoms. The van der Waals surface area contributed by atoms with Crippen LogP contribution in [0.5, 0.6) is 0 Å². The summed E-state index contributed by atoms with van der Waals surface area (Å²) in [6.45, 7) is 5.19. The van der Waals surface area contributed by atoms with Crippen LogP contribution in [-0.4, -0.2) is 9.55 Å². The van der Waals surface area contributed by atoms with Gasteiger partial charge in [-0.1, -0.05) is 35.9 Å². The van der Waals surface area contributed by atoms with Crippen LogP contribution in [0.25, 0.3) is 11.0 Å². The zero-order valence-electron chi connectivity index (χ0n) is 12.6. The Balaban J connectivity index is 1.89. The molecule has 3 rings (SSSR count). The Morgan fingerprint density at radius 1 is 1.05 bits per heavy atom.